The third kappa shape index (κ3) is 6.85. The quantitative estimate of drug-likeness (QED) is 0.267. The van der Waals surface area contributed by atoms with E-state index in [1.807, 2.05) is 67.6 Å². The fourth-order valence-electron chi connectivity index (χ4n) is 3.31. The average molecular weight is 513 g/mol. The van der Waals surface area contributed by atoms with Crippen molar-refractivity contribution in [1.82, 2.24) is 9.55 Å². The Morgan fingerprint density at radius 1 is 1.00 bits per heavy atom. The van der Waals surface area contributed by atoms with Gasteiger partial charge in [0.25, 0.3) is 5.56 Å². The normalized spacial score (nSPS) is 13.1. The SMILES string of the molecule is CCc1c(Sc2ccccc2)n(COC(CO[Si](C)(C)C(C)(C)C)c2ccccc2)c(=O)[nH]c1=O. The van der Waals surface area contributed by atoms with Crippen molar-refractivity contribution in [2.24, 2.45) is 0 Å². The van der Waals surface area contributed by atoms with Crippen molar-refractivity contribution >= 4 is 20.1 Å². The first kappa shape index (κ1) is 27.2. The van der Waals surface area contributed by atoms with Crippen LogP contribution in [-0.4, -0.2) is 24.5 Å². The largest absolute Gasteiger partial charge is 0.414 e. The molecule has 2 aromatic carbocycles. The van der Waals surface area contributed by atoms with Crippen LogP contribution in [0.2, 0.25) is 18.1 Å². The number of aromatic amines is 1. The Kier molecular flexibility index (Phi) is 8.98. The second kappa shape index (κ2) is 11.6. The lowest BCUT2D eigenvalue weighted by atomic mass is 10.1. The predicted molar refractivity (Wildman–Crippen MR) is 145 cm³/mol. The van der Waals surface area contributed by atoms with Gasteiger partial charge >= 0.3 is 5.69 Å². The molecule has 0 aliphatic rings. The van der Waals surface area contributed by atoms with Gasteiger partial charge in [0.05, 0.1) is 11.6 Å². The number of hydrogen-bond acceptors (Lipinski definition) is 5. The van der Waals surface area contributed by atoms with Gasteiger partial charge < -0.3 is 9.16 Å². The third-order valence-corrected chi connectivity index (χ3v) is 12.2. The van der Waals surface area contributed by atoms with E-state index < -0.39 is 14.0 Å². The summed E-state index contributed by atoms with van der Waals surface area (Å²) in [6.45, 7) is 13.3. The molecule has 3 rings (SSSR count). The van der Waals surface area contributed by atoms with Gasteiger partial charge in [0.2, 0.25) is 0 Å². The van der Waals surface area contributed by atoms with E-state index in [0.29, 0.717) is 23.6 Å². The van der Waals surface area contributed by atoms with E-state index in [-0.39, 0.29) is 23.4 Å². The molecule has 0 aliphatic carbocycles. The molecule has 0 fully saturated rings. The number of H-pyrrole nitrogens is 1. The van der Waals surface area contributed by atoms with Crippen molar-refractivity contribution in [2.75, 3.05) is 6.61 Å². The minimum atomic E-state index is -2.00. The maximum Gasteiger partial charge on any atom is 0.331 e. The zero-order valence-electron chi connectivity index (χ0n) is 21.5. The molecule has 1 atom stereocenters. The molecule has 35 heavy (non-hydrogen) atoms. The molecule has 3 aromatic rings. The molecular formula is C27H36N2O4SSi. The Morgan fingerprint density at radius 2 is 1.60 bits per heavy atom. The summed E-state index contributed by atoms with van der Waals surface area (Å²) in [5.74, 6) is 0. The highest BCUT2D eigenvalue weighted by Gasteiger charge is 2.37. The molecule has 1 unspecified atom stereocenters. The van der Waals surface area contributed by atoms with Crippen molar-refractivity contribution in [2.45, 2.75) is 75.0 Å². The monoisotopic (exact) mass is 512 g/mol. The second-order valence-electron chi connectivity index (χ2n) is 10.0. The van der Waals surface area contributed by atoms with Crippen LogP contribution in [0.25, 0.3) is 0 Å². The molecule has 6 nitrogen and oxygen atoms in total. The number of benzene rings is 2. The molecule has 8 heteroatoms. The van der Waals surface area contributed by atoms with E-state index >= 15 is 0 Å². The highest BCUT2D eigenvalue weighted by atomic mass is 32.2. The summed E-state index contributed by atoms with van der Waals surface area (Å²) in [7, 11) is -2.00. The molecule has 0 amide bonds. The van der Waals surface area contributed by atoms with E-state index in [0.717, 1.165) is 10.5 Å². The molecule has 0 radical (unpaired) electrons. The molecule has 1 heterocycles. The molecule has 0 aliphatic heterocycles. The van der Waals surface area contributed by atoms with Gasteiger partial charge in [0.15, 0.2) is 8.32 Å². The number of aromatic nitrogens is 2. The molecule has 0 spiro atoms. The fraction of sp³-hybridized carbons (Fsp3) is 0.407. The smallest absolute Gasteiger partial charge is 0.331 e. The highest BCUT2D eigenvalue weighted by molar-refractivity contribution is 7.99. The minimum absolute atomic E-state index is 0.00178. The van der Waals surface area contributed by atoms with Crippen LogP contribution in [0.1, 0.15) is 44.9 Å². The van der Waals surface area contributed by atoms with Gasteiger partial charge in [-0.25, -0.2) is 4.79 Å². The van der Waals surface area contributed by atoms with Gasteiger partial charge in [0.1, 0.15) is 12.8 Å². The molecule has 0 saturated heterocycles. The van der Waals surface area contributed by atoms with Crippen LogP contribution in [-0.2, 0) is 22.3 Å². The zero-order valence-corrected chi connectivity index (χ0v) is 23.3. The van der Waals surface area contributed by atoms with Gasteiger partial charge in [-0.05, 0) is 42.2 Å². The van der Waals surface area contributed by atoms with Crippen LogP contribution in [0.4, 0.5) is 0 Å². The summed E-state index contributed by atoms with van der Waals surface area (Å²) >= 11 is 1.40. The lowest BCUT2D eigenvalue weighted by molar-refractivity contribution is -0.0276. The third-order valence-electron chi connectivity index (χ3n) is 6.53. The summed E-state index contributed by atoms with van der Waals surface area (Å²) in [4.78, 5) is 28.9. The van der Waals surface area contributed by atoms with Crippen LogP contribution in [0.5, 0.6) is 0 Å². The van der Waals surface area contributed by atoms with Crippen molar-refractivity contribution in [3.63, 3.8) is 0 Å². The molecule has 1 N–H and O–H groups in total. The Hall–Kier alpha value is -2.39. The summed E-state index contributed by atoms with van der Waals surface area (Å²) in [5.41, 5.74) is 0.711. The maximum atomic E-state index is 12.9. The van der Waals surface area contributed by atoms with E-state index in [4.69, 9.17) is 9.16 Å². The predicted octanol–water partition coefficient (Wildman–Crippen LogP) is 5.99. The first-order valence-corrected chi connectivity index (χ1v) is 15.7. The average Bonchev–Trinajstić information content (AvgIpc) is 2.81. The van der Waals surface area contributed by atoms with Crippen molar-refractivity contribution < 1.29 is 9.16 Å². The first-order chi connectivity index (χ1) is 16.5. The molecular weight excluding hydrogens is 476 g/mol. The zero-order chi connectivity index (χ0) is 25.6. The Labute approximate surface area is 212 Å². The highest BCUT2D eigenvalue weighted by Crippen LogP contribution is 2.37. The second-order valence-corrected chi connectivity index (χ2v) is 15.9. The number of nitrogens with zero attached hydrogens (tertiary/aromatic N) is 1. The van der Waals surface area contributed by atoms with Crippen molar-refractivity contribution in [1.29, 1.82) is 0 Å². The molecule has 1 aromatic heterocycles. The lowest BCUT2D eigenvalue weighted by Gasteiger charge is -2.37. The summed E-state index contributed by atoms with van der Waals surface area (Å²) in [5, 5.41) is 0.671. The van der Waals surface area contributed by atoms with Crippen LogP contribution in [0, 0.1) is 0 Å². The maximum absolute atomic E-state index is 12.9. The van der Waals surface area contributed by atoms with Crippen molar-refractivity contribution in [3.05, 3.63) is 92.6 Å². The Balaban J connectivity index is 1.93. The summed E-state index contributed by atoms with van der Waals surface area (Å²) in [6, 6.07) is 19.6. The number of nitrogens with one attached hydrogen (secondary N) is 1. The van der Waals surface area contributed by atoms with Crippen molar-refractivity contribution in [3.8, 4) is 0 Å². The number of hydrogen-bond donors (Lipinski definition) is 1. The summed E-state index contributed by atoms with van der Waals surface area (Å²) in [6.07, 6.45) is 0.144. The molecule has 0 saturated carbocycles. The fourth-order valence-corrected chi connectivity index (χ4v) is 5.44. The Bertz CT molecular complexity index is 1220. The van der Waals surface area contributed by atoms with Gasteiger partial charge in [0, 0.05) is 10.5 Å². The summed E-state index contributed by atoms with van der Waals surface area (Å²) < 4.78 is 14.3. The van der Waals surface area contributed by atoms with E-state index in [2.05, 4.69) is 38.8 Å². The van der Waals surface area contributed by atoms with E-state index in [1.54, 1.807) is 0 Å². The van der Waals surface area contributed by atoms with Gasteiger partial charge in [-0.1, -0.05) is 88.0 Å². The van der Waals surface area contributed by atoms with Gasteiger partial charge in [-0.15, -0.1) is 0 Å². The van der Waals surface area contributed by atoms with Crippen LogP contribution >= 0.6 is 11.8 Å². The first-order valence-electron chi connectivity index (χ1n) is 11.9. The number of rotatable bonds is 10. The molecule has 0 bridgehead atoms. The van der Waals surface area contributed by atoms with E-state index in [9.17, 15) is 9.59 Å². The van der Waals surface area contributed by atoms with E-state index in [1.165, 1.54) is 16.3 Å². The minimum Gasteiger partial charge on any atom is -0.414 e. The van der Waals surface area contributed by atoms with Crippen LogP contribution in [0.3, 0.4) is 0 Å². The van der Waals surface area contributed by atoms with Gasteiger partial charge in [-0.2, -0.15) is 0 Å². The van der Waals surface area contributed by atoms with Crippen LogP contribution < -0.4 is 11.2 Å². The lowest BCUT2D eigenvalue weighted by Crippen LogP contribution is -2.42. The number of ether oxygens (including phenoxy) is 1. The van der Waals surface area contributed by atoms with Crippen LogP contribution in [0.15, 0.2) is 80.2 Å². The Morgan fingerprint density at radius 3 is 2.17 bits per heavy atom. The topological polar surface area (TPSA) is 73.3 Å². The standard InChI is InChI=1S/C27H36N2O4SSi/c1-7-22-24(30)28-26(31)29(25(22)34-21-16-12-9-13-17-21)19-32-23(20-14-10-8-11-15-20)18-33-35(5,6)27(2,3)4/h8-17,23H,7,18-19H2,1-6H3,(H,28,30,31). The van der Waals surface area contributed by atoms with Gasteiger partial charge in [-0.3, -0.25) is 14.3 Å². The molecule has 188 valence electrons.